The molecule has 1 saturated heterocycles. The summed E-state index contributed by atoms with van der Waals surface area (Å²) >= 11 is 1.23. The summed E-state index contributed by atoms with van der Waals surface area (Å²) in [6.07, 6.45) is 4.32. The number of para-hydroxylation sites is 1. The number of rotatable bonds is 12. The largest absolute Gasteiger partial charge is 0.379 e. The van der Waals surface area contributed by atoms with E-state index in [4.69, 9.17) is 0 Å². The lowest BCUT2D eigenvalue weighted by Gasteiger charge is -2.32. The summed E-state index contributed by atoms with van der Waals surface area (Å²) < 4.78 is 0. The Labute approximate surface area is 215 Å². The molecular weight excluding hydrogens is 458 g/mol. The minimum absolute atomic E-state index is 0.0987. The van der Waals surface area contributed by atoms with Crippen LogP contribution in [0.4, 0.5) is 5.69 Å². The van der Waals surface area contributed by atoms with Crippen LogP contribution in [0.5, 0.6) is 0 Å². The van der Waals surface area contributed by atoms with Gasteiger partial charge in [-0.1, -0.05) is 70.0 Å². The maximum absolute atomic E-state index is 13.2. The molecule has 1 aliphatic heterocycles. The molecule has 1 fully saturated rings. The first-order valence-corrected chi connectivity index (χ1v) is 13.6. The SMILES string of the molecule is CCCCCCNC(SCC(=O)Nc1c(C)cccc1C(C)C)=C(C#N)C(=O)N1CCN(C)CC1. The smallest absolute Gasteiger partial charge is 0.267 e. The van der Waals surface area contributed by atoms with Gasteiger partial charge in [0.1, 0.15) is 11.6 Å². The Morgan fingerprint density at radius 3 is 2.49 bits per heavy atom. The number of hydrogen-bond donors (Lipinski definition) is 2. The van der Waals surface area contributed by atoms with Crippen molar-refractivity contribution in [1.82, 2.24) is 15.1 Å². The van der Waals surface area contributed by atoms with Crippen molar-refractivity contribution >= 4 is 29.3 Å². The summed E-state index contributed by atoms with van der Waals surface area (Å²) in [7, 11) is 2.03. The number of hydrogen-bond acceptors (Lipinski definition) is 6. The van der Waals surface area contributed by atoms with E-state index in [-0.39, 0.29) is 29.1 Å². The van der Waals surface area contributed by atoms with Crippen LogP contribution in [0.25, 0.3) is 0 Å². The molecule has 0 bridgehead atoms. The fourth-order valence-electron chi connectivity index (χ4n) is 3.98. The summed E-state index contributed by atoms with van der Waals surface area (Å²) in [5.41, 5.74) is 3.06. The Hall–Kier alpha value is -2.50. The predicted octanol–water partition coefficient (Wildman–Crippen LogP) is 4.47. The number of likely N-dealkylation sites (N-methyl/N-ethyl adjacent to an activating group) is 1. The average Bonchev–Trinajstić information content (AvgIpc) is 2.83. The van der Waals surface area contributed by atoms with Crippen molar-refractivity contribution < 1.29 is 9.59 Å². The Balaban J connectivity index is 2.15. The zero-order valence-electron chi connectivity index (χ0n) is 21.9. The van der Waals surface area contributed by atoms with E-state index in [0.717, 1.165) is 55.6 Å². The van der Waals surface area contributed by atoms with E-state index >= 15 is 0 Å². The number of nitriles is 1. The average molecular weight is 500 g/mol. The van der Waals surface area contributed by atoms with E-state index in [1.165, 1.54) is 11.8 Å². The maximum Gasteiger partial charge on any atom is 0.267 e. The minimum Gasteiger partial charge on any atom is -0.379 e. The van der Waals surface area contributed by atoms with Crippen molar-refractivity contribution in [1.29, 1.82) is 5.26 Å². The Kier molecular flexibility index (Phi) is 12.1. The number of thioether (sulfide) groups is 1. The molecule has 0 aliphatic carbocycles. The number of unbranched alkanes of at least 4 members (excludes halogenated alkanes) is 3. The van der Waals surface area contributed by atoms with Crippen molar-refractivity contribution in [2.45, 2.75) is 59.3 Å². The quantitative estimate of drug-likeness (QED) is 0.251. The second-order valence-electron chi connectivity index (χ2n) is 9.43. The fourth-order valence-corrected chi connectivity index (χ4v) is 4.81. The third-order valence-corrected chi connectivity index (χ3v) is 7.24. The van der Waals surface area contributed by atoms with Gasteiger partial charge in [0.15, 0.2) is 0 Å². The van der Waals surface area contributed by atoms with E-state index in [1.807, 2.05) is 32.2 Å². The lowest BCUT2D eigenvalue weighted by atomic mass is 9.98. The molecule has 0 aromatic heterocycles. The van der Waals surface area contributed by atoms with E-state index in [9.17, 15) is 14.9 Å². The van der Waals surface area contributed by atoms with Gasteiger partial charge in [0, 0.05) is 38.4 Å². The zero-order valence-corrected chi connectivity index (χ0v) is 22.8. The second-order valence-corrected chi connectivity index (χ2v) is 10.4. The van der Waals surface area contributed by atoms with Gasteiger partial charge in [-0.2, -0.15) is 5.26 Å². The number of nitrogens with one attached hydrogen (secondary N) is 2. The van der Waals surface area contributed by atoms with Gasteiger partial charge in [0.05, 0.1) is 10.8 Å². The molecule has 35 heavy (non-hydrogen) atoms. The van der Waals surface area contributed by atoms with Crippen LogP contribution < -0.4 is 10.6 Å². The standard InChI is InChI=1S/C27H41N5O2S/c1-6-7-8-9-13-29-26(23(18-28)27(34)32-16-14-31(5)15-17-32)35-19-24(33)30-25-21(4)11-10-12-22(25)20(2)3/h10-12,20,29H,6-9,13-17,19H2,1-5H3,(H,30,33). The second kappa shape index (κ2) is 14.8. The van der Waals surface area contributed by atoms with Gasteiger partial charge in [0.25, 0.3) is 5.91 Å². The van der Waals surface area contributed by atoms with Crippen LogP contribution >= 0.6 is 11.8 Å². The van der Waals surface area contributed by atoms with Crippen LogP contribution in [-0.2, 0) is 9.59 Å². The zero-order chi connectivity index (χ0) is 25.8. The molecule has 0 atom stereocenters. The van der Waals surface area contributed by atoms with Crippen molar-refractivity contribution in [3.63, 3.8) is 0 Å². The van der Waals surface area contributed by atoms with Crippen LogP contribution in [0.3, 0.4) is 0 Å². The molecular formula is C27H41N5O2S. The molecule has 2 rings (SSSR count). The first-order valence-electron chi connectivity index (χ1n) is 12.7. The van der Waals surface area contributed by atoms with Crippen LogP contribution in [-0.4, -0.2) is 67.1 Å². The van der Waals surface area contributed by atoms with E-state index in [1.54, 1.807) is 4.90 Å². The molecule has 1 aromatic carbocycles. The van der Waals surface area contributed by atoms with Crippen molar-refractivity contribution in [2.24, 2.45) is 0 Å². The van der Waals surface area contributed by atoms with Gasteiger partial charge in [-0.05, 0) is 37.4 Å². The Morgan fingerprint density at radius 1 is 1.14 bits per heavy atom. The van der Waals surface area contributed by atoms with Crippen LogP contribution in [0.2, 0.25) is 0 Å². The summed E-state index contributed by atoms with van der Waals surface area (Å²) in [5, 5.41) is 16.8. The topological polar surface area (TPSA) is 88.5 Å². The Bertz CT molecular complexity index is 930. The van der Waals surface area contributed by atoms with E-state index in [0.29, 0.717) is 24.7 Å². The third kappa shape index (κ3) is 8.90. The first kappa shape index (κ1) is 28.7. The minimum atomic E-state index is -0.259. The number of anilines is 1. The molecule has 0 unspecified atom stereocenters. The van der Waals surface area contributed by atoms with E-state index < -0.39 is 0 Å². The molecule has 1 heterocycles. The third-order valence-electron chi connectivity index (χ3n) is 6.20. The molecule has 1 aliphatic rings. The lowest BCUT2D eigenvalue weighted by Crippen LogP contribution is -2.47. The molecule has 0 saturated carbocycles. The number of amides is 2. The van der Waals surface area contributed by atoms with Gasteiger partial charge in [0.2, 0.25) is 5.91 Å². The summed E-state index contributed by atoms with van der Waals surface area (Å²) in [4.78, 5) is 30.0. The van der Waals surface area contributed by atoms with Crippen LogP contribution in [0.15, 0.2) is 28.8 Å². The van der Waals surface area contributed by atoms with E-state index in [2.05, 4.69) is 42.4 Å². The van der Waals surface area contributed by atoms with Crippen LogP contribution in [0.1, 0.15) is 63.5 Å². The predicted molar refractivity (Wildman–Crippen MR) is 145 cm³/mol. The highest BCUT2D eigenvalue weighted by Crippen LogP contribution is 2.28. The van der Waals surface area contributed by atoms with Crippen molar-refractivity contribution in [3.05, 3.63) is 39.9 Å². The number of carbonyl (C=O) groups is 2. The highest BCUT2D eigenvalue weighted by Gasteiger charge is 2.25. The molecule has 2 N–H and O–H groups in total. The van der Waals surface area contributed by atoms with Gasteiger partial charge in [-0.3, -0.25) is 9.59 Å². The molecule has 0 spiro atoms. The number of piperazine rings is 1. The Morgan fingerprint density at radius 2 is 1.86 bits per heavy atom. The molecule has 7 nitrogen and oxygen atoms in total. The van der Waals surface area contributed by atoms with Gasteiger partial charge >= 0.3 is 0 Å². The van der Waals surface area contributed by atoms with Gasteiger partial charge in [-0.25, -0.2) is 0 Å². The summed E-state index contributed by atoms with van der Waals surface area (Å²) in [6.45, 7) is 11.8. The molecule has 1 aromatic rings. The first-order chi connectivity index (χ1) is 16.8. The molecule has 192 valence electrons. The monoisotopic (exact) mass is 499 g/mol. The maximum atomic E-state index is 13.2. The normalized spacial score (nSPS) is 14.9. The number of aryl methyl sites for hydroxylation is 1. The number of nitrogens with zero attached hydrogens (tertiary/aromatic N) is 3. The molecule has 0 radical (unpaired) electrons. The summed E-state index contributed by atoms with van der Waals surface area (Å²) in [6, 6.07) is 8.15. The summed E-state index contributed by atoms with van der Waals surface area (Å²) in [5.74, 6) is -0.0134. The van der Waals surface area contributed by atoms with Crippen LogP contribution in [0, 0.1) is 18.3 Å². The highest BCUT2D eigenvalue weighted by atomic mass is 32.2. The highest BCUT2D eigenvalue weighted by molar-refractivity contribution is 8.03. The van der Waals surface area contributed by atoms with Gasteiger partial charge in [-0.15, -0.1) is 0 Å². The van der Waals surface area contributed by atoms with Gasteiger partial charge < -0.3 is 20.4 Å². The number of carbonyl (C=O) groups excluding carboxylic acids is 2. The molecule has 2 amide bonds. The molecule has 8 heteroatoms. The van der Waals surface area contributed by atoms with Crippen molar-refractivity contribution in [2.75, 3.05) is 50.8 Å². The number of benzene rings is 1. The fraction of sp³-hybridized carbons (Fsp3) is 0.593. The van der Waals surface area contributed by atoms with Crippen molar-refractivity contribution in [3.8, 4) is 6.07 Å². The lowest BCUT2D eigenvalue weighted by molar-refractivity contribution is -0.128.